The van der Waals surface area contributed by atoms with Crippen molar-refractivity contribution in [2.45, 2.75) is 103 Å². The van der Waals surface area contributed by atoms with Crippen LogP contribution in [0.3, 0.4) is 0 Å². The highest BCUT2D eigenvalue weighted by Crippen LogP contribution is 2.34. The van der Waals surface area contributed by atoms with Crippen LogP contribution in [0.15, 0.2) is 60.8 Å². The lowest BCUT2D eigenvalue weighted by Gasteiger charge is -2.30. The van der Waals surface area contributed by atoms with Crippen LogP contribution in [0.1, 0.15) is 91.9 Å². The zero-order valence-corrected chi connectivity index (χ0v) is 22.6. The molecule has 4 nitrogen and oxygen atoms in total. The van der Waals surface area contributed by atoms with E-state index in [9.17, 15) is 9.59 Å². The molecule has 0 saturated heterocycles. The second kappa shape index (κ2) is 21.5. The molecule has 0 aromatic rings. The lowest BCUT2D eigenvalue weighted by Crippen LogP contribution is -2.49. The molecule has 1 unspecified atom stereocenters. The highest BCUT2D eigenvalue weighted by Gasteiger charge is 2.36. The molecule has 0 aromatic carbocycles. The fourth-order valence-corrected chi connectivity index (χ4v) is 4.57. The minimum atomic E-state index is -1.00. The average molecular weight is 490 g/mol. The smallest absolute Gasteiger partial charge is 0.325 e. The van der Waals surface area contributed by atoms with Crippen LogP contribution < -0.4 is 5.32 Å². The van der Waals surface area contributed by atoms with Gasteiger partial charge in [-0.05, 0) is 76.9 Å². The monoisotopic (exact) mass is 489 g/mol. The van der Waals surface area contributed by atoms with Crippen LogP contribution in [0, 0.1) is 0 Å². The Morgan fingerprint density at radius 2 is 1.26 bits per heavy atom. The third kappa shape index (κ3) is 15.8. The number of amides is 1. The van der Waals surface area contributed by atoms with Crippen molar-refractivity contribution >= 4 is 23.6 Å². The van der Waals surface area contributed by atoms with Gasteiger partial charge < -0.3 is 10.4 Å². The fraction of sp³-hybridized carbons (Fsp3) is 0.586. The van der Waals surface area contributed by atoms with Crippen LogP contribution in [0.4, 0.5) is 0 Å². The standard InChI is InChI=1S/C29H47NO3S/c1-5-8-9-10-11-12-13-14-15-16-17-18-19-20-21-22-23-24-25-34-29(6-2,7-3)28(33)30-26(4)27(31)32/h8-9,11-12,14-15,17-18,20-21,26H,5-7,10,13,16,19,22-25H2,1-4H3,(H,30,33)(H,31,32)/b9-8-,12-11-,15-14-,18-17-,21-20-. The van der Waals surface area contributed by atoms with E-state index in [-0.39, 0.29) is 5.91 Å². The summed E-state index contributed by atoms with van der Waals surface area (Å²) in [7, 11) is 0. The van der Waals surface area contributed by atoms with Gasteiger partial charge in [0, 0.05) is 0 Å². The molecular weight excluding hydrogens is 442 g/mol. The summed E-state index contributed by atoms with van der Waals surface area (Å²) in [5.74, 6) is -0.256. The van der Waals surface area contributed by atoms with E-state index in [0.717, 1.165) is 57.1 Å². The Morgan fingerprint density at radius 3 is 1.71 bits per heavy atom. The number of rotatable bonds is 20. The number of aliphatic carboxylic acids is 1. The molecule has 5 heteroatoms. The van der Waals surface area contributed by atoms with Crippen molar-refractivity contribution < 1.29 is 14.7 Å². The Balaban J connectivity index is 3.98. The van der Waals surface area contributed by atoms with Crippen molar-refractivity contribution in [3.8, 4) is 0 Å². The number of carboxylic acid groups (broad SMARTS) is 1. The zero-order valence-electron chi connectivity index (χ0n) is 21.8. The van der Waals surface area contributed by atoms with E-state index in [1.54, 1.807) is 11.8 Å². The number of nitrogens with one attached hydrogen (secondary N) is 1. The molecule has 34 heavy (non-hydrogen) atoms. The van der Waals surface area contributed by atoms with Crippen LogP contribution >= 0.6 is 11.8 Å². The molecule has 192 valence electrons. The molecule has 0 heterocycles. The summed E-state index contributed by atoms with van der Waals surface area (Å²) in [6, 6.07) is -0.860. The topological polar surface area (TPSA) is 66.4 Å². The van der Waals surface area contributed by atoms with Gasteiger partial charge in [0.2, 0.25) is 5.91 Å². The quantitative estimate of drug-likeness (QED) is 0.135. The molecule has 0 radical (unpaired) electrons. The number of thioether (sulfide) groups is 1. The zero-order chi connectivity index (χ0) is 25.5. The molecule has 0 aliphatic rings. The molecule has 0 aromatic heterocycles. The van der Waals surface area contributed by atoms with Crippen molar-refractivity contribution in [3.05, 3.63) is 60.8 Å². The molecule has 1 atom stereocenters. The molecule has 0 saturated carbocycles. The maximum Gasteiger partial charge on any atom is 0.325 e. The summed E-state index contributed by atoms with van der Waals surface area (Å²) in [5.41, 5.74) is 0. The first kappa shape index (κ1) is 32.0. The number of allylic oxidation sites excluding steroid dienone is 10. The predicted molar refractivity (Wildman–Crippen MR) is 149 cm³/mol. The van der Waals surface area contributed by atoms with Gasteiger partial charge in [-0.25, -0.2) is 0 Å². The summed E-state index contributed by atoms with van der Waals surface area (Å²) >= 11 is 1.67. The van der Waals surface area contributed by atoms with Crippen molar-refractivity contribution in [1.82, 2.24) is 5.32 Å². The predicted octanol–water partition coefficient (Wildman–Crippen LogP) is 7.79. The molecule has 0 spiro atoms. The van der Waals surface area contributed by atoms with E-state index in [1.165, 1.54) is 6.92 Å². The van der Waals surface area contributed by atoms with Crippen molar-refractivity contribution in [3.63, 3.8) is 0 Å². The maximum atomic E-state index is 12.6. The summed E-state index contributed by atoms with van der Waals surface area (Å²) < 4.78 is -0.541. The van der Waals surface area contributed by atoms with E-state index in [2.05, 4.69) is 73.0 Å². The number of hydrogen-bond donors (Lipinski definition) is 2. The Bertz CT molecular complexity index is 687. The van der Waals surface area contributed by atoms with Gasteiger partial charge in [-0.2, -0.15) is 0 Å². The molecule has 0 aliphatic heterocycles. The van der Waals surface area contributed by atoms with Gasteiger partial charge in [0.15, 0.2) is 0 Å². The minimum Gasteiger partial charge on any atom is -0.480 e. The van der Waals surface area contributed by atoms with Gasteiger partial charge in [-0.1, -0.05) is 81.5 Å². The average Bonchev–Trinajstić information content (AvgIpc) is 2.83. The van der Waals surface area contributed by atoms with Crippen LogP contribution in [0.2, 0.25) is 0 Å². The molecule has 0 bridgehead atoms. The Hall–Kier alpha value is -2.01. The lowest BCUT2D eigenvalue weighted by molar-refractivity contribution is -0.141. The molecule has 0 aliphatic carbocycles. The molecule has 0 fully saturated rings. The fourth-order valence-electron chi connectivity index (χ4n) is 3.23. The number of carboxylic acids is 1. The van der Waals surface area contributed by atoms with Crippen molar-refractivity contribution in [2.75, 3.05) is 5.75 Å². The first-order valence-corrected chi connectivity index (χ1v) is 13.8. The van der Waals surface area contributed by atoms with Crippen LogP contribution in [-0.4, -0.2) is 33.5 Å². The summed E-state index contributed by atoms with van der Waals surface area (Å²) in [5, 5.41) is 11.7. The first-order valence-electron chi connectivity index (χ1n) is 12.9. The Kier molecular flexibility index (Phi) is 20.2. The summed E-state index contributed by atoms with van der Waals surface area (Å²) in [6.07, 6.45) is 31.7. The van der Waals surface area contributed by atoms with Gasteiger partial charge in [-0.3, -0.25) is 9.59 Å². The van der Waals surface area contributed by atoms with E-state index >= 15 is 0 Å². The largest absolute Gasteiger partial charge is 0.480 e. The number of hydrogen-bond acceptors (Lipinski definition) is 3. The van der Waals surface area contributed by atoms with E-state index in [0.29, 0.717) is 12.8 Å². The molecule has 1 amide bonds. The Labute approximate surface area is 212 Å². The van der Waals surface area contributed by atoms with Gasteiger partial charge in [-0.15, -0.1) is 11.8 Å². The molecule has 0 rings (SSSR count). The maximum absolute atomic E-state index is 12.6. The third-order valence-corrected chi connectivity index (χ3v) is 7.38. The highest BCUT2D eigenvalue weighted by molar-refractivity contribution is 8.01. The number of carbonyl (C=O) groups is 2. The lowest BCUT2D eigenvalue weighted by atomic mass is 10.0. The van der Waals surface area contributed by atoms with Crippen LogP contribution in [0.5, 0.6) is 0 Å². The van der Waals surface area contributed by atoms with Gasteiger partial charge in [0.1, 0.15) is 6.04 Å². The van der Waals surface area contributed by atoms with E-state index < -0.39 is 16.8 Å². The van der Waals surface area contributed by atoms with Gasteiger partial charge in [0.25, 0.3) is 0 Å². The second-order valence-corrected chi connectivity index (χ2v) is 9.77. The first-order chi connectivity index (χ1) is 16.4. The molecular formula is C29H47NO3S. The summed E-state index contributed by atoms with van der Waals surface area (Å²) in [6.45, 7) is 7.65. The van der Waals surface area contributed by atoms with Gasteiger partial charge in [0.05, 0.1) is 4.75 Å². The normalized spacial score (nSPS) is 13.8. The summed E-state index contributed by atoms with van der Waals surface area (Å²) in [4.78, 5) is 23.7. The number of carbonyl (C=O) groups excluding carboxylic acids is 1. The highest BCUT2D eigenvalue weighted by atomic mass is 32.2. The number of unbranched alkanes of at least 4 members (excludes halogenated alkanes) is 2. The third-order valence-electron chi connectivity index (χ3n) is 5.58. The minimum absolute atomic E-state index is 0.157. The van der Waals surface area contributed by atoms with Crippen molar-refractivity contribution in [1.29, 1.82) is 0 Å². The van der Waals surface area contributed by atoms with Crippen LogP contribution in [0.25, 0.3) is 0 Å². The SMILES string of the molecule is CC/C=C\C/C=C\C/C=C\C/C=C\C/C=C\CCCCSC(CC)(CC)C(=O)NC(C)C(=O)O. The van der Waals surface area contributed by atoms with E-state index in [1.807, 2.05) is 13.8 Å². The van der Waals surface area contributed by atoms with Crippen LogP contribution in [-0.2, 0) is 9.59 Å². The molecule has 2 N–H and O–H groups in total. The Morgan fingerprint density at radius 1 is 0.794 bits per heavy atom. The van der Waals surface area contributed by atoms with Gasteiger partial charge >= 0.3 is 5.97 Å². The second-order valence-electron chi connectivity index (χ2n) is 8.29. The van der Waals surface area contributed by atoms with Crippen molar-refractivity contribution in [2.24, 2.45) is 0 Å². The van der Waals surface area contributed by atoms with E-state index in [4.69, 9.17) is 5.11 Å².